The van der Waals surface area contributed by atoms with Gasteiger partial charge in [-0.2, -0.15) is 0 Å². The predicted octanol–water partition coefficient (Wildman–Crippen LogP) is -0.122. The number of carbonyl (C=O) groups is 3. The number of amides is 1. The molecule has 0 aliphatic carbocycles. The molecule has 6 nitrogen and oxygen atoms in total. The third-order valence-electron chi connectivity index (χ3n) is 4.11. The summed E-state index contributed by atoms with van der Waals surface area (Å²) < 4.78 is 0. The van der Waals surface area contributed by atoms with E-state index in [0.717, 1.165) is 0 Å². The Labute approximate surface area is 112 Å². The molecule has 2 bridgehead atoms. The summed E-state index contributed by atoms with van der Waals surface area (Å²) in [5, 5.41) is 11.9. The number of likely N-dealkylation sites (tertiary alicyclic amines) is 1. The number of nitrogens with one attached hydrogen (secondary N) is 1. The Kier molecular flexibility index (Phi) is 3.38. The summed E-state index contributed by atoms with van der Waals surface area (Å²) >= 11 is 0. The summed E-state index contributed by atoms with van der Waals surface area (Å²) in [6.45, 7) is 5.65. The van der Waals surface area contributed by atoms with Gasteiger partial charge in [-0.25, -0.2) is 0 Å². The molecule has 2 aliphatic heterocycles. The number of hydrogen-bond acceptors (Lipinski definition) is 4. The molecule has 0 aromatic carbocycles. The van der Waals surface area contributed by atoms with E-state index in [2.05, 4.69) is 5.32 Å². The summed E-state index contributed by atoms with van der Waals surface area (Å²) in [7, 11) is 0. The second-order valence-electron chi connectivity index (χ2n) is 6.20. The molecule has 2 atom stereocenters. The number of piperidine rings is 2. The van der Waals surface area contributed by atoms with Gasteiger partial charge in [0.2, 0.25) is 5.91 Å². The molecular formula is C13H20N2O4. The second kappa shape index (κ2) is 4.59. The van der Waals surface area contributed by atoms with Crippen LogP contribution < -0.4 is 5.32 Å². The number of nitrogens with zero attached hydrogens (tertiary/aromatic N) is 1. The van der Waals surface area contributed by atoms with Gasteiger partial charge in [0.1, 0.15) is 0 Å². The molecule has 19 heavy (non-hydrogen) atoms. The molecule has 0 aromatic rings. The van der Waals surface area contributed by atoms with Crippen LogP contribution in [0.4, 0.5) is 0 Å². The summed E-state index contributed by atoms with van der Waals surface area (Å²) in [4.78, 5) is 36.7. The highest BCUT2D eigenvalue weighted by molar-refractivity contribution is 5.94. The summed E-state index contributed by atoms with van der Waals surface area (Å²) in [6, 6.07) is 0. The van der Waals surface area contributed by atoms with E-state index >= 15 is 0 Å². The van der Waals surface area contributed by atoms with Gasteiger partial charge >= 0.3 is 5.97 Å². The van der Waals surface area contributed by atoms with E-state index in [-0.39, 0.29) is 24.5 Å². The Morgan fingerprint density at radius 3 is 2.21 bits per heavy atom. The molecule has 0 aromatic heterocycles. The standard InChI is InChI=1S/C13H20N2O4/c1-12-5-14-6-13(2,11(12)19)8-15(7-12)9(16)3-4-10(17)18/h14H,3-8H2,1-2H3,(H,17,18)/t12-,13-/m0/s1. The van der Waals surface area contributed by atoms with Crippen molar-refractivity contribution in [3.8, 4) is 0 Å². The third-order valence-corrected chi connectivity index (χ3v) is 4.11. The highest BCUT2D eigenvalue weighted by atomic mass is 16.4. The van der Waals surface area contributed by atoms with Crippen molar-refractivity contribution < 1.29 is 19.5 Å². The minimum atomic E-state index is -0.972. The zero-order chi connectivity index (χ0) is 14.3. The third kappa shape index (κ3) is 2.49. The number of carboxylic acids is 1. The fraction of sp³-hybridized carbons (Fsp3) is 0.769. The largest absolute Gasteiger partial charge is 0.481 e. The maximum absolute atomic E-state index is 12.4. The highest BCUT2D eigenvalue weighted by Crippen LogP contribution is 2.39. The van der Waals surface area contributed by atoms with Crippen molar-refractivity contribution >= 4 is 17.7 Å². The van der Waals surface area contributed by atoms with Gasteiger partial charge in [0, 0.05) is 32.6 Å². The molecule has 2 heterocycles. The van der Waals surface area contributed by atoms with Crippen LogP contribution in [0.15, 0.2) is 0 Å². The lowest BCUT2D eigenvalue weighted by atomic mass is 9.65. The van der Waals surface area contributed by atoms with Crippen LogP contribution in [-0.2, 0) is 14.4 Å². The Balaban J connectivity index is 2.11. The van der Waals surface area contributed by atoms with Crippen molar-refractivity contribution in [1.82, 2.24) is 10.2 Å². The van der Waals surface area contributed by atoms with E-state index in [1.54, 1.807) is 4.90 Å². The second-order valence-corrected chi connectivity index (χ2v) is 6.20. The first-order chi connectivity index (χ1) is 8.77. The molecule has 2 aliphatic rings. The molecule has 0 saturated carbocycles. The quantitative estimate of drug-likeness (QED) is 0.745. The molecule has 106 valence electrons. The predicted molar refractivity (Wildman–Crippen MR) is 67.5 cm³/mol. The SMILES string of the molecule is C[C@]12CNC[C@@](C)(CN(C(=O)CCC(=O)O)C1)C2=O. The molecule has 1 amide bonds. The Morgan fingerprint density at radius 2 is 1.74 bits per heavy atom. The van der Waals surface area contributed by atoms with Crippen LogP contribution in [-0.4, -0.2) is 53.8 Å². The number of fused-ring (bicyclic) bond motifs is 2. The zero-order valence-electron chi connectivity index (χ0n) is 11.4. The van der Waals surface area contributed by atoms with Crippen LogP contribution in [0.3, 0.4) is 0 Å². The molecular weight excluding hydrogens is 248 g/mol. The van der Waals surface area contributed by atoms with Gasteiger partial charge in [-0.15, -0.1) is 0 Å². The minimum absolute atomic E-state index is 0.00309. The first-order valence-electron chi connectivity index (χ1n) is 6.52. The first-order valence-corrected chi connectivity index (χ1v) is 6.52. The number of aliphatic carboxylic acids is 1. The summed E-state index contributed by atoms with van der Waals surface area (Å²) in [5.41, 5.74) is -1.10. The van der Waals surface area contributed by atoms with Gasteiger partial charge in [-0.05, 0) is 13.8 Å². The maximum Gasteiger partial charge on any atom is 0.303 e. The van der Waals surface area contributed by atoms with Gasteiger partial charge in [0.25, 0.3) is 0 Å². The Bertz CT molecular complexity index is 414. The molecule has 2 rings (SSSR count). The Morgan fingerprint density at radius 1 is 1.21 bits per heavy atom. The number of ketones is 1. The molecule has 0 spiro atoms. The number of rotatable bonds is 3. The monoisotopic (exact) mass is 268 g/mol. The molecule has 2 N–H and O–H groups in total. The van der Waals surface area contributed by atoms with Gasteiger partial charge in [0.05, 0.1) is 17.3 Å². The number of Topliss-reactive ketones (excluding diaryl/α,β-unsaturated/α-hetero) is 1. The van der Waals surface area contributed by atoms with Gasteiger partial charge in [-0.1, -0.05) is 0 Å². The van der Waals surface area contributed by atoms with E-state index in [1.807, 2.05) is 13.8 Å². The molecule has 2 fully saturated rings. The van der Waals surface area contributed by atoms with Gasteiger partial charge in [0.15, 0.2) is 5.78 Å². The first kappa shape index (κ1) is 14.0. The average Bonchev–Trinajstić information content (AvgIpc) is 2.30. The lowest BCUT2D eigenvalue weighted by molar-refractivity contribution is -0.156. The molecule has 0 unspecified atom stereocenters. The van der Waals surface area contributed by atoms with Crippen LogP contribution in [0.1, 0.15) is 26.7 Å². The molecule has 2 saturated heterocycles. The van der Waals surface area contributed by atoms with Crippen molar-refractivity contribution in [2.75, 3.05) is 26.2 Å². The van der Waals surface area contributed by atoms with Crippen molar-refractivity contribution in [3.05, 3.63) is 0 Å². The summed E-state index contributed by atoms with van der Waals surface area (Å²) in [6.07, 6.45) is -0.155. The van der Waals surface area contributed by atoms with Crippen LogP contribution in [0.2, 0.25) is 0 Å². The minimum Gasteiger partial charge on any atom is -0.481 e. The number of carboxylic acid groups (broad SMARTS) is 1. The number of hydrogen-bond donors (Lipinski definition) is 2. The van der Waals surface area contributed by atoms with Crippen molar-refractivity contribution in [3.63, 3.8) is 0 Å². The zero-order valence-corrected chi connectivity index (χ0v) is 11.4. The van der Waals surface area contributed by atoms with E-state index in [9.17, 15) is 14.4 Å². The lowest BCUT2D eigenvalue weighted by Crippen LogP contribution is -2.68. The average molecular weight is 268 g/mol. The van der Waals surface area contributed by atoms with Crippen LogP contribution in [0.25, 0.3) is 0 Å². The smallest absolute Gasteiger partial charge is 0.303 e. The van der Waals surface area contributed by atoms with E-state index in [4.69, 9.17) is 5.11 Å². The highest BCUT2D eigenvalue weighted by Gasteiger charge is 2.54. The fourth-order valence-electron chi connectivity index (χ4n) is 3.21. The van der Waals surface area contributed by atoms with Crippen LogP contribution in [0, 0.1) is 10.8 Å². The number of carbonyl (C=O) groups excluding carboxylic acids is 2. The maximum atomic E-state index is 12.4. The fourth-order valence-corrected chi connectivity index (χ4v) is 3.21. The Hall–Kier alpha value is -1.43. The normalized spacial score (nSPS) is 34.2. The van der Waals surface area contributed by atoms with Gasteiger partial charge in [-0.3, -0.25) is 14.4 Å². The van der Waals surface area contributed by atoms with Crippen LogP contribution in [0.5, 0.6) is 0 Å². The summed E-state index contributed by atoms with van der Waals surface area (Å²) in [5.74, 6) is -0.934. The van der Waals surface area contributed by atoms with E-state index < -0.39 is 16.8 Å². The lowest BCUT2D eigenvalue weighted by Gasteiger charge is -2.52. The van der Waals surface area contributed by atoms with Crippen molar-refractivity contribution in [2.24, 2.45) is 10.8 Å². The molecule has 0 radical (unpaired) electrons. The van der Waals surface area contributed by atoms with Gasteiger partial charge < -0.3 is 15.3 Å². The van der Waals surface area contributed by atoms with Crippen molar-refractivity contribution in [1.29, 1.82) is 0 Å². The van der Waals surface area contributed by atoms with Crippen molar-refractivity contribution in [2.45, 2.75) is 26.7 Å². The topological polar surface area (TPSA) is 86.7 Å². The molecule has 6 heteroatoms. The van der Waals surface area contributed by atoms with E-state index in [1.165, 1.54) is 0 Å². The van der Waals surface area contributed by atoms with Crippen LogP contribution >= 0.6 is 0 Å². The van der Waals surface area contributed by atoms with E-state index in [0.29, 0.717) is 26.2 Å².